The van der Waals surface area contributed by atoms with Gasteiger partial charge < -0.3 is 0 Å². The molecule has 0 bridgehead atoms. The molecule has 0 saturated carbocycles. The highest BCUT2D eigenvalue weighted by atomic mass is 35.5. The molecule has 1 heterocycles. The Bertz CT molecular complexity index is 766. The second-order valence-corrected chi connectivity index (χ2v) is 6.48. The van der Waals surface area contributed by atoms with Crippen LogP contribution < -0.4 is 4.72 Å². The molecule has 1 aromatic heterocycles. The summed E-state index contributed by atoms with van der Waals surface area (Å²) in [7, 11) is -4.11. The van der Waals surface area contributed by atoms with E-state index in [9.17, 15) is 12.8 Å². The van der Waals surface area contributed by atoms with Gasteiger partial charge in [-0.2, -0.15) is 0 Å². The van der Waals surface area contributed by atoms with Crippen LogP contribution in [0.25, 0.3) is 0 Å². The molecular weight excluding hydrogens is 326 g/mol. The molecule has 0 aliphatic carbocycles. The molecule has 0 atom stereocenters. The van der Waals surface area contributed by atoms with E-state index in [1.54, 1.807) is 6.92 Å². The van der Waals surface area contributed by atoms with Crippen molar-refractivity contribution in [3.63, 3.8) is 0 Å². The number of aryl methyl sites for hydroxylation is 1. The lowest BCUT2D eigenvalue weighted by atomic mass is 10.3. The Kier molecular flexibility index (Phi) is 4.17. The number of rotatable bonds is 3. The van der Waals surface area contributed by atoms with Gasteiger partial charge in [0.2, 0.25) is 0 Å². The molecule has 0 radical (unpaired) electrons. The maximum atomic E-state index is 13.7. The van der Waals surface area contributed by atoms with E-state index < -0.39 is 20.7 Å². The zero-order chi connectivity index (χ0) is 14.9. The third kappa shape index (κ3) is 3.20. The lowest BCUT2D eigenvalue weighted by molar-refractivity contribution is 0.570. The summed E-state index contributed by atoms with van der Waals surface area (Å²) in [6.07, 6.45) is 1.49. The molecule has 0 fully saturated rings. The predicted molar refractivity (Wildman–Crippen MR) is 76.2 cm³/mol. The minimum Gasteiger partial charge on any atom is -0.276 e. The van der Waals surface area contributed by atoms with Crippen molar-refractivity contribution in [2.45, 2.75) is 11.8 Å². The monoisotopic (exact) mass is 334 g/mol. The largest absolute Gasteiger partial charge is 0.276 e. The van der Waals surface area contributed by atoms with Gasteiger partial charge in [0.1, 0.15) is 10.7 Å². The van der Waals surface area contributed by atoms with Crippen LogP contribution in [0.15, 0.2) is 35.4 Å². The summed E-state index contributed by atoms with van der Waals surface area (Å²) in [6, 6.07) is 4.79. The lowest BCUT2D eigenvalue weighted by Gasteiger charge is -2.10. The number of hydrogen-bond acceptors (Lipinski definition) is 3. The molecule has 0 aliphatic rings. The van der Waals surface area contributed by atoms with E-state index in [0.717, 1.165) is 12.1 Å². The zero-order valence-electron chi connectivity index (χ0n) is 10.2. The SMILES string of the molecule is Cc1cnc(Cl)c(NS(=O)(=O)c2ccc(Cl)cc2F)c1. The van der Waals surface area contributed by atoms with Crippen LogP contribution in [0.4, 0.5) is 10.1 Å². The van der Waals surface area contributed by atoms with Gasteiger partial charge in [0.05, 0.1) is 5.69 Å². The van der Waals surface area contributed by atoms with E-state index in [-0.39, 0.29) is 15.9 Å². The van der Waals surface area contributed by atoms with Crippen molar-refractivity contribution in [3.05, 3.63) is 52.0 Å². The lowest BCUT2D eigenvalue weighted by Crippen LogP contribution is -2.15. The first-order valence-corrected chi connectivity index (χ1v) is 7.63. The molecule has 8 heteroatoms. The van der Waals surface area contributed by atoms with Crippen LogP contribution in [0.1, 0.15) is 5.56 Å². The summed E-state index contributed by atoms with van der Waals surface area (Å²) in [5.74, 6) is -0.943. The summed E-state index contributed by atoms with van der Waals surface area (Å²) < 4.78 is 40.1. The minimum atomic E-state index is -4.11. The Morgan fingerprint density at radius 2 is 1.95 bits per heavy atom. The summed E-state index contributed by atoms with van der Waals surface area (Å²) in [4.78, 5) is 3.30. The number of nitrogens with zero attached hydrogens (tertiary/aromatic N) is 1. The molecule has 1 aromatic carbocycles. The summed E-state index contributed by atoms with van der Waals surface area (Å²) in [5, 5.41) is 0.0882. The van der Waals surface area contributed by atoms with Crippen molar-refractivity contribution in [1.82, 2.24) is 4.98 Å². The average Bonchev–Trinajstić information content (AvgIpc) is 2.33. The number of anilines is 1. The number of pyridine rings is 1. The molecule has 0 spiro atoms. The predicted octanol–water partition coefficient (Wildman–Crippen LogP) is 3.64. The number of hydrogen-bond donors (Lipinski definition) is 1. The highest BCUT2D eigenvalue weighted by Gasteiger charge is 2.20. The fraction of sp³-hybridized carbons (Fsp3) is 0.0833. The van der Waals surface area contributed by atoms with Gasteiger partial charge in [0.15, 0.2) is 5.15 Å². The molecule has 0 aliphatic heterocycles. The molecule has 20 heavy (non-hydrogen) atoms. The van der Waals surface area contributed by atoms with E-state index in [4.69, 9.17) is 23.2 Å². The van der Waals surface area contributed by atoms with Gasteiger partial charge in [0, 0.05) is 11.2 Å². The molecule has 2 rings (SSSR count). The normalized spacial score (nSPS) is 11.4. The van der Waals surface area contributed by atoms with Crippen molar-refractivity contribution >= 4 is 38.9 Å². The van der Waals surface area contributed by atoms with Crippen LogP contribution >= 0.6 is 23.2 Å². The highest BCUT2D eigenvalue weighted by Crippen LogP contribution is 2.25. The number of nitrogens with one attached hydrogen (secondary N) is 1. The molecule has 106 valence electrons. The second-order valence-electron chi connectivity index (χ2n) is 4.03. The van der Waals surface area contributed by atoms with Crippen molar-refractivity contribution in [2.24, 2.45) is 0 Å². The second kappa shape index (κ2) is 5.55. The van der Waals surface area contributed by atoms with Crippen LogP contribution in [0.3, 0.4) is 0 Å². The van der Waals surface area contributed by atoms with Gasteiger partial charge >= 0.3 is 0 Å². The summed E-state index contributed by atoms with van der Waals surface area (Å²) in [5.41, 5.74) is 0.796. The van der Waals surface area contributed by atoms with Gasteiger partial charge in [-0.25, -0.2) is 17.8 Å². The number of benzene rings is 1. The minimum absolute atomic E-state index is 0.0199. The first kappa shape index (κ1) is 15.0. The Balaban J connectivity index is 2.43. The van der Waals surface area contributed by atoms with Crippen LogP contribution in [0, 0.1) is 12.7 Å². The van der Waals surface area contributed by atoms with Crippen molar-refractivity contribution in [3.8, 4) is 0 Å². The third-order valence-electron chi connectivity index (χ3n) is 2.40. The van der Waals surface area contributed by atoms with Crippen molar-refractivity contribution in [1.29, 1.82) is 0 Å². The van der Waals surface area contributed by atoms with Gasteiger partial charge in [0.25, 0.3) is 10.0 Å². The molecule has 0 amide bonds. The van der Waals surface area contributed by atoms with Crippen molar-refractivity contribution in [2.75, 3.05) is 4.72 Å². The summed E-state index contributed by atoms with van der Waals surface area (Å²) >= 11 is 11.4. The Morgan fingerprint density at radius 1 is 1.25 bits per heavy atom. The van der Waals surface area contributed by atoms with Gasteiger partial charge in [-0.05, 0) is 36.8 Å². The van der Waals surface area contributed by atoms with Crippen LogP contribution in [0.2, 0.25) is 10.2 Å². The van der Waals surface area contributed by atoms with Crippen LogP contribution in [-0.4, -0.2) is 13.4 Å². The molecular formula is C12H9Cl2FN2O2S. The van der Waals surface area contributed by atoms with Crippen molar-refractivity contribution < 1.29 is 12.8 Å². The number of aromatic nitrogens is 1. The van der Waals surface area contributed by atoms with E-state index in [0.29, 0.717) is 5.56 Å². The van der Waals surface area contributed by atoms with E-state index in [1.165, 1.54) is 18.3 Å². The number of sulfonamides is 1. The molecule has 2 aromatic rings. The Morgan fingerprint density at radius 3 is 2.60 bits per heavy atom. The standard InChI is InChI=1S/C12H9Cl2FN2O2S/c1-7-4-10(12(14)16-6-7)17-20(18,19)11-3-2-8(13)5-9(11)15/h2-6,17H,1H3. The molecule has 1 N–H and O–H groups in total. The van der Waals surface area contributed by atoms with Gasteiger partial charge in [-0.15, -0.1) is 0 Å². The summed E-state index contributed by atoms with van der Waals surface area (Å²) in [6.45, 7) is 1.73. The molecule has 4 nitrogen and oxygen atoms in total. The average molecular weight is 335 g/mol. The highest BCUT2D eigenvalue weighted by molar-refractivity contribution is 7.92. The fourth-order valence-electron chi connectivity index (χ4n) is 1.52. The van der Waals surface area contributed by atoms with Crippen LogP contribution in [-0.2, 0) is 10.0 Å². The maximum Gasteiger partial charge on any atom is 0.264 e. The first-order chi connectivity index (χ1) is 9.29. The van der Waals surface area contributed by atoms with Crippen LogP contribution in [0.5, 0.6) is 0 Å². The first-order valence-electron chi connectivity index (χ1n) is 5.39. The van der Waals surface area contributed by atoms with E-state index in [1.807, 2.05) is 0 Å². The maximum absolute atomic E-state index is 13.7. The third-order valence-corrected chi connectivity index (χ3v) is 4.34. The smallest absolute Gasteiger partial charge is 0.264 e. The Hall–Kier alpha value is -1.37. The molecule has 0 saturated heterocycles. The topological polar surface area (TPSA) is 59.1 Å². The van der Waals surface area contributed by atoms with E-state index >= 15 is 0 Å². The quantitative estimate of drug-likeness (QED) is 0.872. The molecule has 0 unspecified atom stereocenters. The fourth-order valence-corrected chi connectivity index (χ4v) is 3.00. The van der Waals surface area contributed by atoms with E-state index in [2.05, 4.69) is 9.71 Å². The Labute approximate surface area is 125 Å². The zero-order valence-corrected chi connectivity index (χ0v) is 12.5. The van der Waals surface area contributed by atoms with Gasteiger partial charge in [-0.3, -0.25) is 4.72 Å². The van der Waals surface area contributed by atoms with Gasteiger partial charge in [-0.1, -0.05) is 23.2 Å². The number of halogens is 3.